The van der Waals surface area contributed by atoms with Crippen LogP contribution in [0.15, 0.2) is 0 Å². The third-order valence-electron chi connectivity index (χ3n) is 0. The van der Waals surface area contributed by atoms with Crippen molar-refractivity contribution in [3.63, 3.8) is 0 Å². The Morgan fingerprint density at radius 2 is 1.00 bits per heavy atom. The van der Waals surface area contributed by atoms with Gasteiger partial charge in [0, 0.05) is 69.0 Å². The average molecular weight is 265 g/mol. The molecule has 4 heteroatoms. The topological polar surface area (TPSA) is 0 Å². The van der Waals surface area contributed by atoms with Gasteiger partial charge in [0.2, 0.25) is 0 Å². The number of hydrogen-bond acceptors (Lipinski definition) is 0. The van der Waals surface area contributed by atoms with Gasteiger partial charge in [0.1, 0.15) is 0 Å². The molecule has 0 atom stereocenters. The Kier molecular flexibility index (Phi) is 124. The van der Waals surface area contributed by atoms with E-state index in [1.54, 1.807) is 0 Å². The van der Waals surface area contributed by atoms with E-state index in [0.29, 0.717) is 0 Å². The smallest absolute Gasteiger partial charge is 0 e. The van der Waals surface area contributed by atoms with E-state index in [4.69, 9.17) is 0 Å². The first kappa shape index (κ1) is 29.1. The second-order valence-electron chi connectivity index (χ2n) is 0. The van der Waals surface area contributed by atoms with Crippen LogP contribution >= 0.6 is 0 Å². The van der Waals surface area contributed by atoms with E-state index in [9.17, 15) is 0 Å². The predicted molar refractivity (Wildman–Crippen MR) is 9.94 cm³/mol. The van der Waals surface area contributed by atoms with Gasteiger partial charge in [0.05, 0.1) is 0 Å². The molecule has 0 rings (SSSR count). The summed E-state index contributed by atoms with van der Waals surface area (Å²) in [6, 6.07) is 0. The molecule has 0 heterocycles. The summed E-state index contributed by atoms with van der Waals surface area (Å²) in [6.45, 7) is 0. The van der Waals surface area contributed by atoms with Crippen molar-refractivity contribution in [2.45, 2.75) is 0 Å². The van der Waals surface area contributed by atoms with Gasteiger partial charge >= 0.3 is 0 Å². The van der Waals surface area contributed by atoms with E-state index in [0.717, 1.165) is 0 Å². The average Bonchev–Trinajstić information content (AvgIpc) is 0. The van der Waals surface area contributed by atoms with Crippen LogP contribution in [-0.2, 0) is 69.0 Å². The summed E-state index contributed by atoms with van der Waals surface area (Å²) in [5.74, 6) is 0. The molecule has 0 radical (unpaired) electrons. The first-order valence-electron chi connectivity index (χ1n) is 0. The summed E-state index contributed by atoms with van der Waals surface area (Å²) in [6.07, 6.45) is 0. The Morgan fingerprint density at radius 1 is 1.00 bits per heavy atom. The minimum absolute atomic E-state index is 0. The van der Waals surface area contributed by atoms with E-state index in [2.05, 4.69) is 0 Å². The molecule has 0 fully saturated rings. The van der Waals surface area contributed by atoms with Crippen molar-refractivity contribution in [3.8, 4) is 0 Å². The maximum absolute atomic E-state index is 0. The third kappa shape index (κ3) is 8.84. The van der Waals surface area contributed by atoms with Crippen LogP contribution in [0.5, 0.6) is 0 Å². The normalized spacial score (nSPS) is 0. The first-order chi connectivity index (χ1) is 0. The molecule has 0 aromatic heterocycles. The maximum atomic E-state index is 0. The van der Waals surface area contributed by atoms with Crippen molar-refractivity contribution in [3.05, 3.63) is 0 Å². The van der Waals surface area contributed by atoms with Crippen LogP contribution in [0.2, 0.25) is 0 Å². The van der Waals surface area contributed by atoms with Crippen molar-refractivity contribution in [1.29, 1.82) is 0 Å². The Balaban J connectivity index is 0. The van der Waals surface area contributed by atoms with E-state index >= 15 is 0 Å². The fourth-order valence-corrected chi connectivity index (χ4v) is 0. The van der Waals surface area contributed by atoms with Crippen molar-refractivity contribution < 1.29 is 69.0 Å². The zero-order valence-electron chi connectivity index (χ0n) is 1.41. The molecule has 0 spiro atoms. The summed E-state index contributed by atoms with van der Waals surface area (Å²) in [4.78, 5) is 0. The van der Waals surface area contributed by atoms with Gasteiger partial charge in [-0.1, -0.05) is 0 Å². The first-order valence-corrected chi connectivity index (χ1v) is 0. The molecule has 0 unspecified atom stereocenters. The van der Waals surface area contributed by atoms with E-state index in [1.807, 2.05) is 0 Å². The van der Waals surface area contributed by atoms with Gasteiger partial charge in [-0.2, -0.15) is 0 Å². The molecule has 0 saturated carbocycles. The predicted octanol–water partition coefficient (Wildman–Crippen LogP) is -1.19. The van der Waals surface area contributed by atoms with Crippen LogP contribution in [0, 0.1) is 0 Å². The molecule has 0 aliphatic rings. The van der Waals surface area contributed by atoms with Gasteiger partial charge < -0.3 is 0 Å². The zero-order valence-corrected chi connectivity index (χ0v) is 7.43. The van der Waals surface area contributed by atoms with E-state index in [1.165, 1.54) is 0 Å². The summed E-state index contributed by atoms with van der Waals surface area (Å²) in [5, 5.41) is 0. The summed E-state index contributed by atoms with van der Waals surface area (Å²) in [5.41, 5.74) is 0. The van der Waals surface area contributed by atoms with Crippen LogP contribution in [0.3, 0.4) is 0 Å². The largest absolute Gasteiger partial charge is 0.187 e. The van der Waals surface area contributed by atoms with Crippen LogP contribution in [-0.4, -0.2) is 17.4 Å². The van der Waals surface area contributed by atoms with Crippen molar-refractivity contribution >= 4 is 17.4 Å². The van der Waals surface area contributed by atoms with Gasteiger partial charge in [-0.15, -0.1) is 0 Å². The molecule has 0 aromatic rings. The molecule has 0 aromatic carbocycles. The second-order valence-corrected chi connectivity index (χ2v) is 0. The Labute approximate surface area is 84.9 Å². The minimum atomic E-state index is 0. The molecule has 0 saturated heterocycles. The minimum Gasteiger partial charge on any atom is 0 e. The molecular weight excluding hydrogens is 262 g/mol. The summed E-state index contributed by atoms with van der Waals surface area (Å²) >= 11 is 0. The zero-order chi connectivity index (χ0) is 0. The van der Waals surface area contributed by atoms with Gasteiger partial charge in [-0.05, 0) is 0 Å². The summed E-state index contributed by atoms with van der Waals surface area (Å²) in [7, 11) is 0. The molecule has 0 N–H and O–H groups in total. The Hall–Kier alpha value is 2.82. The molecular formula is H3AlMoTiZr. The fraction of sp³-hybridized carbons (Fsp3) is 0. The fourth-order valence-electron chi connectivity index (χ4n) is 0. The molecule has 20 valence electrons. The van der Waals surface area contributed by atoms with Crippen molar-refractivity contribution in [2.24, 2.45) is 0 Å². The monoisotopic (exact) mass is 266 g/mol. The molecule has 0 nitrogen and oxygen atoms in total. The molecule has 4 heavy (non-hydrogen) atoms. The molecule has 0 amide bonds. The van der Waals surface area contributed by atoms with Gasteiger partial charge in [0.25, 0.3) is 0 Å². The molecule has 0 aliphatic heterocycles. The van der Waals surface area contributed by atoms with E-state index < -0.39 is 0 Å². The Bertz CT molecular complexity index is 8.00. The van der Waals surface area contributed by atoms with Crippen molar-refractivity contribution in [2.75, 3.05) is 0 Å². The van der Waals surface area contributed by atoms with Crippen molar-refractivity contribution in [1.82, 2.24) is 0 Å². The van der Waals surface area contributed by atoms with Crippen LogP contribution in [0.25, 0.3) is 0 Å². The summed E-state index contributed by atoms with van der Waals surface area (Å²) < 4.78 is 0. The number of hydrogen-bond donors (Lipinski definition) is 0. The van der Waals surface area contributed by atoms with E-state index in [-0.39, 0.29) is 86.3 Å². The molecule has 0 bridgehead atoms. The molecule has 0 aliphatic carbocycles. The van der Waals surface area contributed by atoms with Crippen LogP contribution < -0.4 is 0 Å². The quantitative estimate of drug-likeness (QED) is 0.483. The Morgan fingerprint density at radius 3 is 1.00 bits per heavy atom. The second kappa shape index (κ2) is 17.0. The van der Waals surface area contributed by atoms with Gasteiger partial charge in [0.15, 0.2) is 17.4 Å². The maximum Gasteiger partial charge on any atom is 0.187 e. The van der Waals surface area contributed by atoms with Crippen LogP contribution in [0.4, 0.5) is 0 Å². The van der Waals surface area contributed by atoms with Gasteiger partial charge in [-0.25, -0.2) is 0 Å². The SMILES string of the molecule is [AlH3].[Mo].[Ti].[Zr]. The third-order valence-corrected chi connectivity index (χ3v) is 0. The van der Waals surface area contributed by atoms with Crippen LogP contribution in [0.1, 0.15) is 0 Å². The number of rotatable bonds is 0. The standard InChI is InChI=1S/Al.Mo.Ti.Zr.3H. The van der Waals surface area contributed by atoms with Gasteiger partial charge in [-0.3, -0.25) is 0 Å².